The number of piperidine rings is 1. The van der Waals surface area contributed by atoms with Gasteiger partial charge in [0.15, 0.2) is 5.76 Å². The zero-order valence-corrected chi connectivity index (χ0v) is 17.0. The van der Waals surface area contributed by atoms with E-state index in [1.165, 1.54) is 0 Å². The quantitative estimate of drug-likeness (QED) is 0.677. The summed E-state index contributed by atoms with van der Waals surface area (Å²) in [4.78, 5) is 27.2. The number of aromatic nitrogens is 2. The van der Waals surface area contributed by atoms with Gasteiger partial charge in [0.1, 0.15) is 30.0 Å². The number of ether oxygens (including phenoxy) is 1. The van der Waals surface area contributed by atoms with Gasteiger partial charge in [-0.05, 0) is 44.0 Å². The van der Waals surface area contributed by atoms with Crippen molar-refractivity contribution in [3.05, 3.63) is 65.7 Å². The van der Waals surface area contributed by atoms with Gasteiger partial charge in [-0.2, -0.15) is 5.10 Å². The molecule has 4 rings (SSSR count). The number of carbonyl (C=O) groups is 2. The monoisotopic (exact) mass is 408 g/mol. The van der Waals surface area contributed by atoms with Crippen molar-refractivity contribution in [2.75, 3.05) is 11.4 Å². The normalized spacial score (nSPS) is 16.5. The fourth-order valence-corrected chi connectivity index (χ4v) is 3.56. The van der Waals surface area contributed by atoms with Crippen LogP contribution in [0.2, 0.25) is 0 Å². The van der Waals surface area contributed by atoms with E-state index >= 15 is 0 Å². The van der Waals surface area contributed by atoms with Gasteiger partial charge in [-0.3, -0.25) is 19.2 Å². The largest absolute Gasteiger partial charge is 0.486 e. The number of rotatable bonds is 6. The summed E-state index contributed by atoms with van der Waals surface area (Å²) in [6.07, 6.45) is 1.37. The number of para-hydroxylation sites is 1. The highest BCUT2D eigenvalue weighted by Crippen LogP contribution is 2.22. The van der Waals surface area contributed by atoms with Gasteiger partial charge in [-0.1, -0.05) is 18.2 Å². The number of carbonyl (C=O) groups excluding carboxylic acids is 2. The fraction of sp³-hybridized carbons (Fsp3) is 0.318. The van der Waals surface area contributed by atoms with Crippen molar-refractivity contribution in [3.63, 3.8) is 0 Å². The number of amides is 2. The van der Waals surface area contributed by atoms with Gasteiger partial charge >= 0.3 is 0 Å². The summed E-state index contributed by atoms with van der Waals surface area (Å²) in [6.45, 7) is 2.70. The molecule has 156 valence electrons. The van der Waals surface area contributed by atoms with Crippen LogP contribution in [0.4, 0.5) is 5.82 Å². The van der Waals surface area contributed by atoms with E-state index in [4.69, 9.17) is 9.15 Å². The summed E-state index contributed by atoms with van der Waals surface area (Å²) in [5, 5.41) is 7.11. The van der Waals surface area contributed by atoms with E-state index in [0.29, 0.717) is 18.7 Å². The molecule has 8 heteroatoms. The molecule has 3 heterocycles. The minimum Gasteiger partial charge on any atom is -0.486 e. The molecule has 0 radical (unpaired) electrons. The average molecular weight is 408 g/mol. The average Bonchev–Trinajstić information content (AvgIpc) is 3.35. The number of anilines is 1. The molecule has 1 aromatic carbocycles. The first kappa shape index (κ1) is 19.8. The minimum atomic E-state index is -0.601. The summed E-state index contributed by atoms with van der Waals surface area (Å²) in [5.74, 6) is 1.58. The van der Waals surface area contributed by atoms with Crippen LogP contribution in [0.5, 0.6) is 5.75 Å². The van der Waals surface area contributed by atoms with Crippen LogP contribution in [0.15, 0.2) is 52.9 Å². The number of nitrogens with one attached hydrogen (secondary N) is 1. The van der Waals surface area contributed by atoms with Gasteiger partial charge < -0.3 is 14.5 Å². The van der Waals surface area contributed by atoms with Gasteiger partial charge in [0.25, 0.3) is 11.8 Å². The highest BCUT2D eigenvalue weighted by atomic mass is 16.5. The van der Waals surface area contributed by atoms with Crippen molar-refractivity contribution in [1.82, 2.24) is 15.1 Å². The summed E-state index contributed by atoms with van der Waals surface area (Å²) in [6, 6.07) is 13.9. The number of hydrogen-bond acceptors (Lipinski definition) is 5. The standard InChI is InChI=1S/C22H24N4O4/c1-15-13-20(25(2)24-15)26-12-6-9-18(22(26)28)23-21(27)19-11-10-17(30-19)14-29-16-7-4-3-5-8-16/h3-5,7-8,10-11,13,18H,6,9,12,14H2,1-2H3,(H,23,27)/t18-/m1/s1. The molecule has 1 aliphatic rings. The molecule has 3 aromatic rings. The fourth-order valence-electron chi connectivity index (χ4n) is 3.56. The second-order valence-electron chi connectivity index (χ2n) is 7.29. The molecule has 0 aliphatic carbocycles. The Bertz CT molecular complexity index is 1040. The molecule has 2 aromatic heterocycles. The van der Waals surface area contributed by atoms with Crippen molar-refractivity contribution in [1.29, 1.82) is 0 Å². The minimum absolute atomic E-state index is 0.142. The molecule has 0 unspecified atom stereocenters. The predicted molar refractivity (Wildman–Crippen MR) is 110 cm³/mol. The molecule has 30 heavy (non-hydrogen) atoms. The highest BCUT2D eigenvalue weighted by molar-refractivity contribution is 6.01. The summed E-state index contributed by atoms with van der Waals surface area (Å²) < 4.78 is 12.9. The zero-order valence-electron chi connectivity index (χ0n) is 17.0. The molecule has 2 amide bonds. The number of furan rings is 1. The smallest absolute Gasteiger partial charge is 0.287 e. The maximum Gasteiger partial charge on any atom is 0.287 e. The molecule has 1 saturated heterocycles. The Morgan fingerprint density at radius 2 is 2.07 bits per heavy atom. The Morgan fingerprint density at radius 1 is 1.27 bits per heavy atom. The lowest BCUT2D eigenvalue weighted by molar-refractivity contribution is -0.121. The SMILES string of the molecule is Cc1cc(N2CCC[C@@H](NC(=O)c3ccc(COc4ccccc4)o3)C2=O)n(C)n1. The first-order valence-corrected chi connectivity index (χ1v) is 9.91. The van der Waals surface area contributed by atoms with E-state index in [9.17, 15) is 9.59 Å². The van der Waals surface area contributed by atoms with Crippen molar-refractivity contribution in [2.24, 2.45) is 7.05 Å². The van der Waals surface area contributed by atoms with E-state index in [1.807, 2.05) is 43.3 Å². The van der Waals surface area contributed by atoms with Crippen LogP contribution < -0.4 is 15.0 Å². The van der Waals surface area contributed by atoms with Crippen LogP contribution in [0.3, 0.4) is 0 Å². The van der Waals surface area contributed by atoms with Gasteiger partial charge in [0, 0.05) is 19.7 Å². The summed E-state index contributed by atoms with van der Waals surface area (Å²) >= 11 is 0. The Balaban J connectivity index is 1.38. The topological polar surface area (TPSA) is 89.6 Å². The van der Waals surface area contributed by atoms with Crippen LogP contribution >= 0.6 is 0 Å². The van der Waals surface area contributed by atoms with E-state index < -0.39 is 11.9 Å². The maximum atomic E-state index is 12.9. The zero-order chi connectivity index (χ0) is 21.1. The van der Waals surface area contributed by atoms with Crippen LogP contribution in [0, 0.1) is 6.92 Å². The second-order valence-corrected chi connectivity index (χ2v) is 7.29. The molecule has 0 bridgehead atoms. The lowest BCUT2D eigenvalue weighted by Crippen LogP contribution is -2.52. The van der Waals surface area contributed by atoms with Gasteiger partial charge in [-0.15, -0.1) is 0 Å². The van der Waals surface area contributed by atoms with Crippen molar-refractivity contribution < 1.29 is 18.7 Å². The Morgan fingerprint density at radius 3 is 2.80 bits per heavy atom. The van der Waals surface area contributed by atoms with Crippen LogP contribution in [0.1, 0.15) is 34.9 Å². The lowest BCUT2D eigenvalue weighted by atomic mass is 10.0. The van der Waals surface area contributed by atoms with Crippen LogP contribution in [-0.2, 0) is 18.4 Å². The first-order chi connectivity index (χ1) is 14.5. The molecule has 1 atom stereocenters. The third kappa shape index (κ3) is 4.22. The third-order valence-corrected chi connectivity index (χ3v) is 5.01. The first-order valence-electron chi connectivity index (χ1n) is 9.91. The maximum absolute atomic E-state index is 12.9. The van der Waals surface area contributed by atoms with Gasteiger partial charge in [0.2, 0.25) is 0 Å². The number of nitrogens with zero attached hydrogens (tertiary/aromatic N) is 3. The van der Waals surface area contributed by atoms with Crippen molar-refractivity contribution >= 4 is 17.6 Å². The van der Waals surface area contributed by atoms with Gasteiger partial charge in [-0.25, -0.2) is 0 Å². The highest BCUT2D eigenvalue weighted by Gasteiger charge is 2.33. The molecule has 1 fully saturated rings. The summed E-state index contributed by atoms with van der Waals surface area (Å²) in [5.41, 5.74) is 0.840. The molecule has 0 spiro atoms. The number of aryl methyl sites for hydroxylation is 2. The Kier molecular flexibility index (Phi) is 5.56. The van der Waals surface area contributed by atoms with Crippen molar-refractivity contribution in [2.45, 2.75) is 32.4 Å². The van der Waals surface area contributed by atoms with E-state index in [1.54, 1.807) is 28.8 Å². The molecular weight excluding hydrogens is 384 g/mol. The van der Waals surface area contributed by atoms with Crippen molar-refractivity contribution in [3.8, 4) is 5.75 Å². The predicted octanol–water partition coefficient (Wildman–Crippen LogP) is 2.83. The van der Waals surface area contributed by atoms with E-state index in [0.717, 1.165) is 23.7 Å². The van der Waals surface area contributed by atoms with E-state index in [-0.39, 0.29) is 18.3 Å². The molecule has 8 nitrogen and oxygen atoms in total. The van der Waals surface area contributed by atoms with Gasteiger partial charge in [0.05, 0.1) is 5.69 Å². The Labute approximate surface area is 174 Å². The lowest BCUT2D eigenvalue weighted by Gasteiger charge is -2.32. The molecule has 0 saturated carbocycles. The molecule has 1 N–H and O–H groups in total. The number of benzene rings is 1. The molecular formula is C22H24N4O4. The third-order valence-electron chi connectivity index (χ3n) is 5.01. The number of hydrogen-bond donors (Lipinski definition) is 1. The second kappa shape index (κ2) is 8.44. The molecule has 1 aliphatic heterocycles. The van der Waals surface area contributed by atoms with Crippen LogP contribution in [-0.4, -0.2) is 34.2 Å². The Hall–Kier alpha value is -3.55. The summed E-state index contributed by atoms with van der Waals surface area (Å²) in [7, 11) is 1.81. The van der Waals surface area contributed by atoms with Crippen LogP contribution in [0.25, 0.3) is 0 Å². The van der Waals surface area contributed by atoms with E-state index in [2.05, 4.69) is 10.4 Å².